The van der Waals surface area contributed by atoms with Crippen molar-refractivity contribution in [1.82, 2.24) is 5.32 Å². The van der Waals surface area contributed by atoms with Crippen molar-refractivity contribution in [3.05, 3.63) is 52.0 Å². The van der Waals surface area contributed by atoms with Crippen LogP contribution in [0.2, 0.25) is 10.0 Å². The van der Waals surface area contributed by atoms with Crippen LogP contribution in [-0.4, -0.2) is 13.7 Å². The van der Waals surface area contributed by atoms with Gasteiger partial charge in [0.15, 0.2) is 0 Å². The molecule has 2 aromatic rings. The highest BCUT2D eigenvalue weighted by atomic mass is 35.5. The molecule has 106 valence electrons. The van der Waals surface area contributed by atoms with Crippen molar-refractivity contribution in [3.8, 4) is 16.9 Å². The molecular formula is C16H17Cl2NO. The monoisotopic (exact) mass is 309 g/mol. The number of hydrogen-bond donors (Lipinski definition) is 1. The van der Waals surface area contributed by atoms with Crippen molar-refractivity contribution in [2.24, 2.45) is 0 Å². The Labute approximate surface area is 129 Å². The first-order valence-electron chi connectivity index (χ1n) is 6.48. The number of rotatable bonds is 5. The van der Waals surface area contributed by atoms with Crippen LogP contribution in [0.3, 0.4) is 0 Å². The molecule has 1 N–H and O–H groups in total. The van der Waals surface area contributed by atoms with Crippen molar-refractivity contribution < 1.29 is 4.74 Å². The van der Waals surface area contributed by atoms with Crippen LogP contribution in [0.25, 0.3) is 11.1 Å². The average molecular weight is 310 g/mol. The molecule has 0 fully saturated rings. The minimum atomic E-state index is 0.559. The lowest BCUT2D eigenvalue weighted by Crippen LogP contribution is -2.11. The van der Waals surface area contributed by atoms with Gasteiger partial charge in [-0.05, 0) is 23.7 Å². The van der Waals surface area contributed by atoms with E-state index in [-0.39, 0.29) is 0 Å². The van der Waals surface area contributed by atoms with E-state index in [2.05, 4.69) is 36.5 Å². The Morgan fingerprint density at radius 2 is 1.75 bits per heavy atom. The zero-order valence-corrected chi connectivity index (χ0v) is 13.1. The fourth-order valence-electron chi connectivity index (χ4n) is 1.98. The summed E-state index contributed by atoms with van der Waals surface area (Å²) in [6.45, 7) is 3.92. The van der Waals surface area contributed by atoms with Gasteiger partial charge in [-0.2, -0.15) is 0 Å². The number of methoxy groups -OCH3 is 1. The highest BCUT2D eigenvalue weighted by Gasteiger charge is 2.09. The predicted octanol–water partition coefficient (Wildman–Crippen LogP) is 4.78. The maximum absolute atomic E-state index is 6.29. The van der Waals surface area contributed by atoms with Crippen LogP contribution in [0.15, 0.2) is 36.4 Å². The Hall–Kier alpha value is -1.22. The smallest absolute Gasteiger partial charge is 0.138 e. The van der Waals surface area contributed by atoms with E-state index in [0.717, 1.165) is 24.2 Å². The van der Waals surface area contributed by atoms with E-state index in [4.69, 9.17) is 27.9 Å². The predicted molar refractivity (Wildman–Crippen MR) is 85.8 cm³/mol. The molecule has 0 amide bonds. The quantitative estimate of drug-likeness (QED) is 0.858. The summed E-state index contributed by atoms with van der Waals surface area (Å²) in [5, 5.41) is 4.48. The summed E-state index contributed by atoms with van der Waals surface area (Å²) in [6.07, 6.45) is 0. The van der Waals surface area contributed by atoms with E-state index >= 15 is 0 Å². The number of benzene rings is 2. The maximum Gasteiger partial charge on any atom is 0.138 e. The van der Waals surface area contributed by atoms with Gasteiger partial charge in [-0.1, -0.05) is 54.4 Å². The van der Waals surface area contributed by atoms with E-state index in [0.29, 0.717) is 15.8 Å². The van der Waals surface area contributed by atoms with Gasteiger partial charge < -0.3 is 10.1 Å². The molecule has 0 aliphatic heterocycles. The summed E-state index contributed by atoms with van der Waals surface area (Å²) in [6, 6.07) is 11.9. The Bertz CT molecular complexity index is 582. The third-order valence-corrected chi connectivity index (χ3v) is 3.69. The molecular weight excluding hydrogens is 293 g/mol. The van der Waals surface area contributed by atoms with Gasteiger partial charge >= 0.3 is 0 Å². The van der Waals surface area contributed by atoms with Gasteiger partial charge in [0.25, 0.3) is 0 Å². The topological polar surface area (TPSA) is 21.3 Å². The summed E-state index contributed by atoms with van der Waals surface area (Å²) in [7, 11) is 1.58. The molecule has 0 aromatic heterocycles. The fraction of sp³-hybridized carbons (Fsp3) is 0.250. The van der Waals surface area contributed by atoms with Crippen LogP contribution in [0.5, 0.6) is 5.75 Å². The van der Waals surface area contributed by atoms with Gasteiger partial charge in [-0.3, -0.25) is 0 Å². The normalized spacial score (nSPS) is 10.6. The molecule has 0 aliphatic rings. The van der Waals surface area contributed by atoms with E-state index in [1.54, 1.807) is 13.2 Å². The summed E-state index contributed by atoms with van der Waals surface area (Å²) >= 11 is 12.4. The van der Waals surface area contributed by atoms with Gasteiger partial charge in [0.05, 0.1) is 17.2 Å². The molecule has 2 aromatic carbocycles. The number of hydrogen-bond acceptors (Lipinski definition) is 2. The molecule has 0 spiro atoms. The zero-order valence-electron chi connectivity index (χ0n) is 11.5. The Morgan fingerprint density at radius 3 is 2.35 bits per heavy atom. The minimum absolute atomic E-state index is 0.559. The Balaban J connectivity index is 2.29. The molecule has 0 saturated carbocycles. The summed E-state index contributed by atoms with van der Waals surface area (Å²) in [4.78, 5) is 0. The highest BCUT2D eigenvalue weighted by Crippen LogP contribution is 2.36. The van der Waals surface area contributed by atoms with Crippen LogP contribution >= 0.6 is 23.2 Å². The molecule has 0 heterocycles. The lowest BCUT2D eigenvalue weighted by Gasteiger charge is -2.10. The van der Waals surface area contributed by atoms with Gasteiger partial charge in [0.1, 0.15) is 5.75 Å². The van der Waals surface area contributed by atoms with Crippen LogP contribution in [0.4, 0.5) is 0 Å². The van der Waals surface area contributed by atoms with Gasteiger partial charge in [0.2, 0.25) is 0 Å². The highest BCUT2D eigenvalue weighted by molar-refractivity contribution is 6.36. The second-order valence-electron chi connectivity index (χ2n) is 4.44. The van der Waals surface area contributed by atoms with Gasteiger partial charge in [-0.25, -0.2) is 0 Å². The summed E-state index contributed by atoms with van der Waals surface area (Å²) in [5.74, 6) is 0.587. The Morgan fingerprint density at radius 1 is 1.05 bits per heavy atom. The molecule has 2 rings (SSSR count). The maximum atomic E-state index is 6.29. The van der Waals surface area contributed by atoms with Crippen LogP contribution in [0.1, 0.15) is 12.5 Å². The second-order valence-corrected chi connectivity index (χ2v) is 5.26. The lowest BCUT2D eigenvalue weighted by molar-refractivity contribution is 0.415. The first-order valence-corrected chi connectivity index (χ1v) is 7.24. The van der Waals surface area contributed by atoms with Gasteiger partial charge in [0, 0.05) is 18.2 Å². The van der Waals surface area contributed by atoms with Gasteiger partial charge in [-0.15, -0.1) is 0 Å². The Kier molecular flexibility index (Phi) is 5.30. The van der Waals surface area contributed by atoms with E-state index in [1.165, 1.54) is 5.56 Å². The van der Waals surface area contributed by atoms with Crippen molar-refractivity contribution in [2.75, 3.05) is 13.7 Å². The van der Waals surface area contributed by atoms with Crippen molar-refractivity contribution >= 4 is 23.2 Å². The van der Waals surface area contributed by atoms with Crippen LogP contribution in [0, 0.1) is 0 Å². The van der Waals surface area contributed by atoms with Crippen molar-refractivity contribution in [1.29, 1.82) is 0 Å². The minimum Gasteiger partial charge on any atom is -0.495 e. The molecule has 0 saturated heterocycles. The molecule has 0 bridgehead atoms. The van der Waals surface area contributed by atoms with E-state index in [9.17, 15) is 0 Å². The first-order chi connectivity index (χ1) is 9.65. The molecule has 0 aliphatic carbocycles. The SMILES string of the molecule is CCNCc1ccc(-c2cc(Cl)c(OC)cc2Cl)cc1. The molecule has 0 unspecified atom stereocenters. The molecule has 0 atom stereocenters. The van der Waals surface area contributed by atoms with E-state index in [1.807, 2.05) is 6.07 Å². The third-order valence-electron chi connectivity index (χ3n) is 3.09. The third kappa shape index (κ3) is 3.45. The first kappa shape index (κ1) is 15.2. The van der Waals surface area contributed by atoms with Crippen LogP contribution < -0.4 is 10.1 Å². The number of nitrogens with one attached hydrogen (secondary N) is 1. The number of halogens is 2. The van der Waals surface area contributed by atoms with Crippen molar-refractivity contribution in [3.63, 3.8) is 0 Å². The standard InChI is InChI=1S/C16H17Cl2NO/c1-3-19-10-11-4-6-12(7-5-11)13-8-15(18)16(20-2)9-14(13)17/h4-9,19H,3,10H2,1-2H3. The average Bonchev–Trinajstić information content (AvgIpc) is 2.47. The van der Waals surface area contributed by atoms with Crippen LogP contribution in [-0.2, 0) is 6.54 Å². The zero-order chi connectivity index (χ0) is 14.5. The number of ether oxygens (including phenoxy) is 1. The summed E-state index contributed by atoms with van der Waals surface area (Å²) < 4.78 is 5.16. The molecule has 20 heavy (non-hydrogen) atoms. The molecule has 0 radical (unpaired) electrons. The fourth-order valence-corrected chi connectivity index (χ4v) is 2.48. The lowest BCUT2D eigenvalue weighted by atomic mass is 10.0. The van der Waals surface area contributed by atoms with Crippen molar-refractivity contribution in [2.45, 2.75) is 13.5 Å². The molecule has 2 nitrogen and oxygen atoms in total. The largest absolute Gasteiger partial charge is 0.495 e. The summed E-state index contributed by atoms with van der Waals surface area (Å²) in [5.41, 5.74) is 3.19. The molecule has 4 heteroatoms. The van der Waals surface area contributed by atoms with E-state index < -0.39 is 0 Å². The second kappa shape index (κ2) is 6.98.